The van der Waals surface area contributed by atoms with Crippen LogP contribution in [0.5, 0.6) is 0 Å². The number of nitrogens with two attached hydrogens (primary N) is 1. The van der Waals surface area contributed by atoms with Crippen LogP contribution in [-0.2, 0) is 11.2 Å². The van der Waals surface area contributed by atoms with E-state index < -0.39 is 23.5 Å². The topological polar surface area (TPSA) is 63.3 Å². The Hall–Kier alpha value is -1.49. The quantitative estimate of drug-likeness (QED) is 0.801. The van der Waals surface area contributed by atoms with Crippen LogP contribution in [0.15, 0.2) is 18.2 Å². The minimum absolute atomic E-state index is 0.0269. The normalized spacial score (nSPS) is 14.1. The third-order valence-electron chi connectivity index (χ3n) is 3.35. The van der Waals surface area contributed by atoms with Crippen LogP contribution in [0.4, 0.5) is 8.78 Å². The molecule has 0 heterocycles. The van der Waals surface area contributed by atoms with Gasteiger partial charge in [-0.3, -0.25) is 4.79 Å². The predicted molar refractivity (Wildman–Crippen MR) is 68.6 cm³/mol. The van der Waals surface area contributed by atoms with Gasteiger partial charge in [0, 0.05) is 6.54 Å². The first-order valence-corrected chi connectivity index (χ1v) is 6.34. The first kappa shape index (κ1) is 15.6. The van der Waals surface area contributed by atoms with E-state index in [0.717, 1.165) is 18.2 Å². The summed E-state index contributed by atoms with van der Waals surface area (Å²) in [5.41, 5.74) is 5.69. The molecule has 1 aromatic rings. The Kier molecular flexibility index (Phi) is 5.89. The maximum atomic E-state index is 13.5. The highest BCUT2D eigenvalue weighted by Gasteiger charge is 2.21. The third kappa shape index (κ3) is 4.59. The van der Waals surface area contributed by atoms with Crippen molar-refractivity contribution >= 4 is 5.97 Å². The van der Waals surface area contributed by atoms with Crippen LogP contribution in [0, 0.1) is 23.5 Å². The van der Waals surface area contributed by atoms with Crippen molar-refractivity contribution in [3.8, 4) is 0 Å². The molecule has 3 nitrogen and oxygen atoms in total. The Bertz CT molecular complexity index is 437. The van der Waals surface area contributed by atoms with Crippen molar-refractivity contribution in [2.24, 2.45) is 17.6 Å². The molecule has 0 aliphatic rings. The molecular formula is C14H19F2NO2. The molecule has 0 aliphatic carbocycles. The first-order chi connectivity index (χ1) is 8.97. The van der Waals surface area contributed by atoms with E-state index in [4.69, 9.17) is 10.8 Å². The molecule has 2 unspecified atom stereocenters. The highest BCUT2D eigenvalue weighted by atomic mass is 19.1. The van der Waals surface area contributed by atoms with Gasteiger partial charge >= 0.3 is 5.97 Å². The number of aliphatic carboxylic acids is 1. The fraction of sp³-hybridized carbons (Fsp3) is 0.500. The second kappa shape index (κ2) is 7.19. The van der Waals surface area contributed by atoms with Crippen molar-refractivity contribution in [3.63, 3.8) is 0 Å². The molecule has 0 bridgehead atoms. The van der Waals surface area contributed by atoms with Crippen LogP contribution in [-0.4, -0.2) is 17.6 Å². The molecule has 5 heteroatoms. The van der Waals surface area contributed by atoms with Gasteiger partial charge in [0.25, 0.3) is 0 Å². The standard InChI is InChI=1S/C14H19F2NO2/c1-2-9(6-11(8-17)14(18)19)5-10-7-12(15)3-4-13(10)16/h3-4,7,9,11H,2,5-6,8,17H2,1H3,(H,18,19). The van der Waals surface area contributed by atoms with Crippen LogP contribution in [0.3, 0.4) is 0 Å². The Morgan fingerprint density at radius 3 is 2.63 bits per heavy atom. The molecule has 1 aromatic carbocycles. The van der Waals surface area contributed by atoms with Gasteiger partial charge in [-0.05, 0) is 42.5 Å². The minimum Gasteiger partial charge on any atom is -0.481 e. The van der Waals surface area contributed by atoms with E-state index in [1.165, 1.54) is 0 Å². The molecule has 19 heavy (non-hydrogen) atoms. The summed E-state index contributed by atoms with van der Waals surface area (Å²) in [6.45, 7) is 1.95. The van der Waals surface area contributed by atoms with Crippen LogP contribution in [0.1, 0.15) is 25.3 Å². The summed E-state index contributed by atoms with van der Waals surface area (Å²) in [5, 5.41) is 8.97. The van der Waals surface area contributed by atoms with E-state index in [1.54, 1.807) is 0 Å². The molecule has 1 rings (SSSR count). The molecule has 2 atom stereocenters. The van der Waals surface area contributed by atoms with Gasteiger partial charge < -0.3 is 10.8 Å². The number of benzene rings is 1. The zero-order chi connectivity index (χ0) is 14.4. The van der Waals surface area contributed by atoms with Crippen molar-refractivity contribution in [1.29, 1.82) is 0 Å². The molecule has 0 aliphatic heterocycles. The van der Waals surface area contributed by atoms with Crippen molar-refractivity contribution in [2.45, 2.75) is 26.2 Å². The fourth-order valence-electron chi connectivity index (χ4n) is 2.11. The molecule has 0 radical (unpaired) electrons. The maximum absolute atomic E-state index is 13.5. The van der Waals surface area contributed by atoms with Crippen LogP contribution >= 0.6 is 0 Å². The van der Waals surface area contributed by atoms with Crippen molar-refractivity contribution in [2.75, 3.05) is 6.54 Å². The molecule has 0 saturated carbocycles. The average Bonchev–Trinajstić information content (AvgIpc) is 2.37. The summed E-state index contributed by atoms with van der Waals surface area (Å²) in [6.07, 6.45) is 1.39. The van der Waals surface area contributed by atoms with Crippen LogP contribution in [0.2, 0.25) is 0 Å². The lowest BCUT2D eigenvalue weighted by Crippen LogP contribution is -2.26. The van der Waals surface area contributed by atoms with Crippen LogP contribution in [0.25, 0.3) is 0 Å². The minimum atomic E-state index is -0.944. The van der Waals surface area contributed by atoms with E-state index in [9.17, 15) is 13.6 Å². The van der Waals surface area contributed by atoms with Gasteiger partial charge in [-0.1, -0.05) is 13.3 Å². The number of halogens is 2. The number of carboxylic acids is 1. The Labute approximate surface area is 111 Å². The third-order valence-corrected chi connectivity index (χ3v) is 3.35. The van der Waals surface area contributed by atoms with Crippen molar-refractivity contribution in [1.82, 2.24) is 0 Å². The van der Waals surface area contributed by atoms with E-state index >= 15 is 0 Å². The van der Waals surface area contributed by atoms with Gasteiger partial charge in [-0.2, -0.15) is 0 Å². The van der Waals surface area contributed by atoms with Gasteiger partial charge in [-0.15, -0.1) is 0 Å². The number of carbonyl (C=O) groups is 1. The first-order valence-electron chi connectivity index (χ1n) is 6.34. The lowest BCUT2D eigenvalue weighted by molar-refractivity contribution is -0.142. The second-order valence-corrected chi connectivity index (χ2v) is 4.72. The van der Waals surface area contributed by atoms with E-state index in [-0.39, 0.29) is 18.0 Å². The van der Waals surface area contributed by atoms with E-state index in [1.807, 2.05) is 6.92 Å². The molecule has 0 amide bonds. The summed E-state index contributed by atoms with van der Waals surface area (Å²) < 4.78 is 26.6. The van der Waals surface area contributed by atoms with Gasteiger partial charge in [-0.25, -0.2) is 8.78 Å². The van der Waals surface area contributed by atoms with Gasteiger partial charge in [0.05, 0.1) is 5.92 Å². The van der Waals surface area contributed by atoms with Gasteiger partial charge in [0.2, 0.25) is 0 Å². The zero-order valence-corrected chi connectivity index (χ0v) is 10.9. The van der Waals surface area contributed by atoms with Crippen LogP contribution < -0.4 is 5.73 Å². The fourth-order valence-corrected chi connectivity index (χ4v) is 2.11. The molecule has 3 N–H and O–H groups in total. The summed E-state index contributed by atoms with van der Waals surface area (Å²) >= 11 is 0. The molecule has 0 fully saturated rings. The number of hydrogen-bond acceptors (Lipinski definition) is 2. The summed E-state index contributed by atoms with van der Waals surface area (Å²) in [6, 6.07) is 3.32. The van der Waals surface area contributed by atoms with E-state index in [2.05, 4.69) is 0 Å². The van der Waals surface area contributed by atoms with Crippen molar-refractivity contribution < 1.29 is 18.7 Å². The predicted octanol–water partition coefficient (Wildman–Crippen LogP) is 2.58. The summed E-state index contributed by atoms with van der Waals surface area (Å²) in [4.78, 5) is 10.9. The lowest BCUT2D eigenvalue weighted by Gasteiger charge is -2.19. The summed E-state index contributed by atoms with van der Waals surface area (Å²) in [5.74, 6) is -2.55. The summed E-state index contributed by atoms with van der Waals surface area (Å²) in [7, 11) is 0. The molecule has 106 valence electrons. The van der Waals surface area contributed by atoms with Crippen molar-refractivity contribution in [3.05, 3.63) is 35.4 Å². The van der Waals surface area contributed by atoms with Gasteiger partial charge in [0.1, 0.15) is 11.6 Å². The smallest absolute Gasteiger partial charge is 0.307 e. The molecule has 0 aromatic heterocycles. The highest BCUT2D eigenvalue weighted by molar-refractivity contribution is 5.70. The molecule has 0 saturated heterocycles. The SMILES string of the molecule is CCC(Cc1cc(F)ccc1F)CC(CN)C(=O)O. The highest BCUT2D eigenvalue weighted by Crippen LogP contribution is 2.22. The number of carboxylic acid groups (broad SMARTS) is 1. The zero-order valence-electron chi connectivity index (χ0n) is 10.9. The van der Waals surface area contributed by atoms with Gasteiger partial charge in [0.15, 0.2) is 0 Å². The second-order valence-electron chi connectivity index (χ2n) is 4.72. The number of rotatable bonds is 7. The molecular weight excluding hydrogens is 252 g/mol. The Morgan fingerprint density at radius 2 is 2.11 bits per heavy atom. The maximum Gasteiger partial charge on any atom is 0.307 e. The largest absolute Gasteiger partial charge is 0.481 e. The lowest BCUT2D eigenvalue weighted by atomic mass is 9.87. The Balaban J connectivity index is 2.76. The monoisotopic (exact) mass is 271 g/mol. The van der Waals surface area contributed by atoms with E-state index in [0.29, 0.717) is 19.3 Å². The molecule has 0 spiro atoms. The number of hydrogen-bond donors (Lipinski definition) is 2. The average molecular weight is 271 g/mol. The Morgan fingerprint density at radius 1 is 1.42 bits per heavy atom.